The highest BCUT2D eigenvalue weighted by Crippen LogP contribution is 2.36. The van der Waals surface area contributed by atoms with Crippen molar-refractivity contribution in [3.8, 4) is 5.75 Å². The van der Waals surface area contributed by atoms with Crippen LogP contribution < -0.4 is 15.5 Å². The normalized spacial score (nSPS) is 11.5. The van der Waals surface area contributed by atoms with Crippen LogP contribution in [0, 0.1) is 0 Å². The number of rotatable bonds is 8. The molecule has 1 aromatic heterocycles. The van der Waals surface area contributed by atoms with Crippen LogP contribution in [0.1, 0.15) is 25.3 Å². The Balaban J connectivity index is 1.37. The zero-order chi connectivity index (χ0) is 23.2. The first-order chi connectivity index (χ1) is 16.0. The lowest BCUT2D eigenvalue weighted by Gasteiger charge is -2.10. The molecule has 0 bridgehead atoms. The highest BCUT2D eigenvalue weighted by Gasteiger charge is 2.14. The molecule has 2 N–H and O–H groups in total. The van der Waals surface area contributed by atoms with Crippen LogP contribution in [0.25, 0.3) is 21.9 Å². The minimum atomic E-state index is -0.274. The number of ether oxygens (including phenoxy) is 1. The highest BCUT2D eigenvalue weighted by atomic mass is 16.5. The molecule has 2 amide bonds. The van der Waals surface area contributed by atoms with Crippen molar-refractivity contribution in [2.75, 3.05) is 12.4 Å². The van der Waals surface area contributed by atoms with Gasteiger partial charge in [0.05, 0.1) is 19.2 Å². The number of aryl methyl sites for hydroxylation is 1. The molecule has 168 valence electrons. The van der Waals surface area contributed by atoms with E-state index >= 15 is 0 Å². The first kappa shape index (κ1) is 22.1. The molecule has 0 aliphatic carbocycles. The second-order valence-corrected chi connectivity index (χ2v) is 7.74. The molecule has 4 aromatic rings. The van der Waals surface area contributed by atoms with Crippen LogP contribution in [-0.4, -0.2) is 24.6 Å². The molecule has 7 heteroatoms. The predicted octanol–water partition coefficient (Wildman–Crippen LogP) is 5.05. The minimum Gasteiger partial charge on any atom is -0.495 e. The Morgan fingerprint density at radius 2 is 1.70 bits per heavy atom. The van der Waals surface area contributed by atoms with Gasteiger partial charge < -0.3 is 14.5 Å². The fourth-order valence-corrected chi connectivity index (χ4v) is 3.60. The zero-order valence-electron chi connectivity index (χ0n) is 18.6. The molecule has 0 saturated heterocycles. The third-order valence-electron chi connectivity index (χ3n) is 5.24. The number of carbonyl (C=O) groups is 2. The van der Waals surface area contributed by atoms with Gasteiger partial charge >= 0.3 is 0 Å². The molecule has 0 atom stereocenters. The van der Waals surface area contributed by atoms with E-state index in [-0.39, 0.29) is 18.2 Å². The number of methoxy groups -OCH3 is 1. The number of benzene rings is 3. The standard InChI is InChI=1S/C26H25N3O4/c1-17(28-29-25(30)13-12-18-8-4-3-5-9-18)14-26(31)27-21-16-23-20(15-24(21)32-2)19-10-6-7-11-22(19)33-23/h3-11,15-16H,12-14H2,1-2H3,(H,27,31)(H,29,30)/b28-17-. The number of nitrogens with one attached hydrogen (secondary N) is 2. The number of hydrazone groups is 1. The van der Waals surface area contributed by atoms with Crippen LogP contribution in [0.4, 0.5) is 5.69 Å². The summed E-state index contributed by atoms with van der Waals surface area (Å²) in [4.78, 5) is 24.6. The van der Waals surface area contributed by atoms with E-state index < -0.39 is 0 Å². The van der Waals surface area contributed by atoms with E-state index in [1.54, 1.807) is 20.1 Å². The molecule has 0 aliphatic heterocycles. The van der Waals surface area contributed by atoms with Crippen LogP contribution in [0.3, 0.4) is 0 Å². The first-order valence-corrected chi connectivity index (χ1v) is 10.7. The van der Waals surface area contributed by atoms with E-state index in [2.05, 4.69) is 15.8 Å². The number of furan rings is 1. The third kappa shape index (κ3) is 5.38. The van der Waals surface area contributed by atoms with Gasteiger partial charge in [-0.1, -0.05) is 48.5 Å². The summed E-state index contributed by atoms with van der Waals surface area (Å²) < 4.78 is 11.4. The fraction of sp³-hybridized carbons (Fsp3) is 0.192. The second-order valence-electron chi connectivity index (χ2n) is 7.74. The smallest absolute Gasteiger partial charge is 0.240 e. The number of para-hydroxylation sites is 1. The summed E-state index contributed by atoms with van der Waals surface area (Å²) in [5.41, 5.74) is 6.02. The summed E-state index contributed by atoms with van der Waals surface area (Å²) in [7, 11) is 1.55. The lowest BCUT2D eigenvalue weighted by molar-refractivity contribution is -0.121. The Morgan fingerprint density at radius 3 is 2.48 bits per heavy atom. The lowest BCUT2D eigenvalue weighted by atomic mass is 10.1. The second kappa shape index (κ2) is 9.99. The van der Waals surface area contributed by atoms with Gasteiger partial charge in [0.15, 0.2) is 0 Å². The van der Waals surface area contributed by atoms with Gasteiger partial charge in [0.1, 0.15) is 16.9 Å². The number of amides is 2. The molecular formula is C26H25N3O4. The van der Waals surface area contributed by atoms with E-state index in [1.807, 2.05) is 60.7 Å². The topological polar surface area (TPSA) is 92.9 Å². The van der Waals surface area contributed by atoms with Crippen molar-refractivity contribution in [1.82, 2.24) is 5.43 Å². The van der Waals surface area contributed by atoms with Gasteiger partial charge in [0.25, 0.3) is 0 Å². The summed E-state index contributed by atoms with van der Waals surface area (Å²) in [5.74, 6) is 0.0605. The largest absolute Gasteiger partial charge is 0.495 e. The van der Waals surface area contributed by atoms with Crippen LogP contribution >= 0.6 is 0 Å². The Labute approximate surface area is 191 Å². The van der Waals surface area contributed by atoms with Gasteiger partial charge in [-0.2, -0.15) is 5.10 Å². The van der Waals surface area contributed by atoms with E-state index in [4.69, 9.17) is 9.15 Å². The molecule has 33 heavy (non-hydrogen) atoms. The van der Waals surface area contributed by atoms with Crippen LogP contribution in [-0.2, 0) is 16.0 Å². The van der Waals surface area contributed by atoms with Crippen molar-refractivity contribution in [2.24, 2.45) is 5.10 Å². The highest BCUT2D eigenvalue weighted by molar-refractivity contribution is 6.10. The van der Waals surface area contributed by atoms with Gasteiger partial charge in [-0.05, 0) is 31.0 Å². The van der Waals surface area contributed by atoms with Gasteiger partial charge in [-0.3, -0.25) is 9.59 Å². The number of anilines is 1. The Hall–Kier alpha value is -4.13. The SMILES string of the molecule is COc1cc2c(cc1NC(=O)C/C(C)=N\NC(=O)CCc1ccccc1)oc1ccccc12. The number of hydrogen-bond donors (Lipinski definition) is 2. The van der Waals surface area contributed by atoms with Gasteiger partial charge in [-0.25, -0.2) is 5.43 Å². The monoisotopic (exact) mass is 443 g/mol. The molecule has 0 spiro atoms. The first-order valence-electron chi connectivity index (χ1n) is 10.7. The number of fused-ring (bicyclic) bond motifs is 3. The maximum atomic E-state index is 12.6. The van der Waals surface area contributed by atoms with E-state index in [0.29, 0.717) is 35.6 Å². The zero-order valence-corrected chi connectivity index (χ0v) is 18.6. The minimum absolute atomic E-state index is 0.0281. The summed E-state index contributed by atoms with van der Waals surface area (Å²) in [6.45, 7) is 1.69. The molecule has 0 fully saturated rings. The van der Waals surface area contributed by atoms with Crippen LogP contribution in [0.2, 0.25) is 0 Å². The van der Waals surface area contributed by atoms with E-state index in [9.17, 15) is 9.59 Å². The van der Waals surface area contributed by atoms with E-state index in [1.165, 1.54) is 0 Å². The molecule has 0 saturated carbocycles. The maximum Gasteiger partial charge on any atom is 0.240 e. The Kier molecular flexibility index (Phi) is 6.69. The molecule has 0 unspecified atom stereocenters. The molecule has 7 nitrogen and oxygen atoms in total. The van der Waals surface area contributed by atoms with Crippen molar-refractivity contribution in [2.45, 2.75) is 26.2 Å². The maximum absolute atomic E-state index is 12.6. The number of carbonyl (C=O) groups excluding carboxylic acids is 2. The number of hydrogen-bond acceptors (Lipinski definition) is 5. The fourth-order valence-electron chi connectivity index (χ4n) is 3.60. The van der Waals surface area contributed by atoms with E-state index in [0.717, 1.165) is 21.9 Å². The molecule has 0 aliphatic rings. The summed E-state index contributed by atoms with van der Waals surface area (Å²) in [6.07, 6.45) is 0.980. The number of nitrogens with zero attached hydrogens (tertiary/aromatic N) is 1. The average molecular weight is 444 g/mol. The van der Waals surface area contributed by atoms with Gasteiger partial charge in [0, 0.05) is 29.0 Å². The lowest BCUT2D eigenvalue weighted by Crippen LogP contribution is -2.21. The summed E-state index contributed by atoms with van der Waals surface area (Å²) in [6, 6.07) is 21.1. The molecule has 3 aromatic carbocycles. The van der Waals surface area contributed by atoms with Crippen molar-refractivity contribution in [3.63, 3.8) is 0 Å². The molecule has 1 heterocycles. The van der Waals surface area contributed by atoms with Crippen molar-refractivity contribution in [3.05, 3.63) is 72.3 Å². The summed E-state index contributed by atoms with van der Waals surface area (Å²) in [5, 5.41) is 8.79. The molecule has 0 radical (unpaired) electrons. The van der Waals surface area contributed by atoms with Gasteiger partial charge in [-0.15, -0.1) is 0 Å². The van der Waals surface area contributed by atoms with Crippen molar-refractivity contribution < 1.29 is 18.7 Å². The Bertz CT molecular complexity index is 1330. The van der Waals surface area contributed by atoms with Gasteiger partial charge in [0.2, 0.25) is 11.8 Å². The Morgan fingerprint density at radius 1 is 0.939 bits per heavy atom. The van der Waals surface area contributed by atoms with Crippen molar-refractivity contribution >= 4 is 45.2 Å². The average Bonchev–Trinajstić information content (AvgIpc) is 3.18. The summed E-state index contributed by atoms with van der Waals surface area (Å²) >= 11 is 0. The quantitative estimate of drug-likeness (QED) is 0.294. The van der Waals surface area contributed by atoms with Crippen LogP contribution in [0.5, 0.6) is 5.75 Å². The van der Waals surface area contributed by atoms with Crippen LogP contribution in [0.15, 0.2) is 76.2 Å². The third-order valence-corrected chi connectivity index (χ3v) is 5.24. The molecule has 4 rings (SSSR count). The van der Waals surface area contributed by atoms with Crippen molar-refractivity contribution in [1.29, 1.82) is 0 Å². The molecular weight excluding hydrogens is 418 g/mol. The predicted molar refractivity (Wildman–Crippen MR) is 130 cm³/mol.